The Morgan fingerprint density at radius 3 is 1.46 bits per heavy atom. The van der Waals surface area contributed by atoms with Crippen LogP contribution < -0.4 is 0 Å². The highest BCUT2D eigenvalue weighted by Gasteiger charge is 2.17. The summed E-state index contributed by atoms with van der Waals surface area (Å²) in [4.78, 5) is 21.0. The highest BCUT2D eigenvalue weighted by Crippen LogP contribution is 2.37. The molecule has 0 aliphatic carbocycles. The van der Waals surface area contributed by atoms with Gasteiger partial charge in [0.2, 0.25) is 0 Å². The second-order valence-electron chi connectivity index (χ2n) is 13.0. The molecule has 52 heavy (non-hydrogen) atoms. The van der Waals surface area contributed by atoms with Crippen molar-refractivity contribution >= 4 is 43.2 Å². The molecule has 0 amide bonds. The third-order valence-corrected chi connectivity index (χ3v) is 9.88. The van der Waals surface area contributed by atoms with Gasteiger partial charge in [-0.1, -0.05) is 164 Å². The first-order chi connectivity index (χ1) is 25.8. The minimum Gasteiger partial charge on any atom is -0.228 e. The predicted molar refractivity (Wildman–Crippen MR) is 215 cm³/mol. The number of benzene rings is 8. The summed E-state index contributed by atoms with van der Waals surface area (Å²) in [6.07, 6.45) is 0. The Balaban J connectivity index is 1.24. The van der Waals surface area contributed by atoms with Crippen molar-refractivity contribution in [3.05, 3.63) is 182 Å². The second kappa shape index (κ2) is 12.4. The third-order valence-electron chi connectivity index (χ3n) is 9.88. The van der Waals surface area contributed by atoms with Gasteiger partial charge in [0.05, 0.1) is 22.6 Å². The second-order valence-corrected chi connectivity index (χ2v) is 13.0. The van der Waals surface area contributed by atoms with Gasteiger partial charge >= 0.3 is 0 Å². The van der Waals surface area contributed by atoms with Crippen LogP contribution in [-0.2, 0) is 0 Å². The van der Waals surface area contributed by atoms with Crippen molar-refractivity contribution < 1.29 is 0 Å². The summed E-state index contributed by atoms with van der Waals surface area (Å²) >= 11 is 0. The molecule has 0 spiro atoms. The first-order valence-electron chi connectivity index (χ1n) is 17.5. The van der Waals surface area contributed by atoms with E-state index in [1.165, 1.54) is 10.8 Å². The number of hydrogen-bond acceptors (Lipinski definition) is 4. The molecule has 4 heteroatoms. The average molecular weight is 663 g/mol. The molecular weight excluding hydrogens is 633 g/mol. The minimum atomic E-state index is 0.660. The monoisotopic (exact) mass is 662 g/mol. The molecule has 4 nitrogen and oxygen atoms in total. The van der Waals surface area contributed by atoms with Crippen molar-refractivity contribution in [1.82, 2.24) is 19.9 Å². The fraction of sp³-hybridized carbons (Fsp3) is 0. The number of fused-ring (bicyclic) bond motifs is 5. The highest BCUT2D eigenvalue weighted by molar-refractivity contribution is 6.11. The SMILES string of the molecule is c1ccc(-c2nc(-c3ccccc3)c3ccc4ccc(-c5nc(-c6cccc7ccccc67)cc(-c6cccc7ccccc67)n5)cc4c3n2)cc1. The maximum atomic E-state index is 5.30. The average Bonchev–Trinajstić information content (AvgIpc) is 3.23. The first-order valence-corrected chi connectivity index (χ1v) is 17.5. The maximum Gasteiger partial charge on any atom is 0.160 e. The Morgan fingerprint density at radius 2 is 0.808 bits per heavy atom. The molecule has 2 aromatic heterocycles. The molecule has 0 bridgehead atoms. The highest BCUT2D eigenvalue weighted by atomic mass is 14.9. The van der Waals surface area contributed by atoms with Crippen LogP contribution in [0.3, 0.4) is 0 Å². The van der Waals surface area contributed by atoms with Gasteiger partial charge in [-0.05, 0) is 45.1 Å². The lowest BCUT2D eigenvalue weighted by Crippen LogP contribution is -1.98. The van der Waals surface area contributed by atoms with Gasteiger partial charge in [-0.2, -0.15) is 0 Å². The Morgan fingerprint density at radius 1 is 0.288 bits per heavy atom. The van der Waals surface area contributed by atoms with E-state index in [1.807, 2.05) is 24.3 Å². The van der Waals surface area contributed by atoms with E-state index < -0.39 is 0 Å². The predicted octanol–water partition coefficient (Wildman–Crippen LogP) is 12.2. The molecule has 2 heterocycles. The number of aromatic nitrogens is 4. The zero-order valence-electron chi connectivity index (χ0n) is 28.1. The van der Waals surface area contributed by atoms with Gasteiger partial charge in [-0.25, -0.2) is 19.9 Å². The maximum absolute atomic E-state index is 5.30. The van der Waals surface area contributed by atoms with Gasteiger partial charge in [0.15, 0.2) is 11.6 Å². The normalized spacial score (nSPS) is 11.5. The van der Waals surface area contributed by atoms with Gasteiger partial charge in [0.25, 0.3) is 0 Å². The number of nitrogens with zero attached hydrogens (tertiary/aromatic N) is 4. The van der Waals surface area contributed by atoms with Crippen molar-refractivity contribution in [2.24, 2.45) is 0 Å². The quantitative estimate of drug-likeness (QED) is 0.172. The minimum absolute atomic E-state index is 0.660. The van der Waals surface area contributed by atoms with E-state index in [0.29, 0.717) is 11.6 Å². The Hall–Kier alpha value is -7.04. The fourth-order valence-electron chi connectivity index (χ4n) is 7.33. The zero-order valence-corrected chi connectivity index (χ0v) is 28.1. The Labute approximate surface area is 300 Å². The zero-order chi connectivity index (χ0) is 34.4. The Kier molecular flexibility index (Phi) is 7.10. The molecule has 10 aromatic rings. The molecule has 0 saturated carbocycles. The van der Waals surface area contributed by atoms with Crippen LogP contribution in [0.1, 0.15) is 0 Å². The summed E-state index contributed by atoms with van der Waals surface area (Å²) in [7, 11) is 0. The van der Waals surface area contributed by atoms with Crippen molar-refractivity contribution in [2.45, 2.75) is 0 Å². The van der Waals surface area contributed by atoms with Gasteiger partial charge in [0.1, 0.15) is 0 Å². The van der Waals surface area contributed by atoms with Crippen LogP contribution >= 0.6 is 0 Å². The van der Waals surface area contributed by atoms with E-state index in [2.05, 4.69) is 158 Å². The van der Waals surface area contributed by atoms with Gasteiger partial charge < -0.3 is 0 Å². The summed E-state index contributed by atoms with van der Waals surface area (Å²) in [5.74, 6) is 1.35. The van der Waals surface area contributed by atoms with E-state index in [0.717, 1.165) is 77.3 Å². The van der Waals surface area contributed by atoms with E-state index in [9.17, 15) is 0 Å². The largest absolute Gasteiger partial charge is 0.228 e. The number of hydrogen-bond donors (Lipinski definition) is 0. The summed E-state index contributed by atoms with van der Waals surface area (Å²) in [5.41, 5.74) is 8.64. The van der Waals surface area contributed by atoms with E-state index in [1.54, 1.807) is 0 Å². The van der Waals surface area contributed by atoms with E-state index >= 15 is 0 Å². The van der Waals surface area contributed by atoms with Crippen LogP contribution in [0.25, 0.3) is 99.8 Å². The van der Waals surface area contributed by atoms with Crippen LogP contribution in [0.2, 0.25) is 0 Å². The van der Waals surface area contributed by atoms with Crippen LogP contribution in [0.4, 0.5) is 0 Å². The lowest BCUT2D eigenvalue weighted by Gasteiger charge is -2.14. The molecular formula is C48H30N4. The van der Waals surface area contributed by atoms with Crippen molar-refractivity contribution in [3.63, 3.8) is 0 Å². The third kappa shape index (κ3) is 5.17. The molecule has 0 aliphatic heterocycles. The molecule has 0 N–H and O–H groups in total. The molecule has 0 atom stereocenters. The summed E-state index contributed by atoms with van der Waals surface area (Å²) in [5, 5.41) is 7.77. The molecule has 0 fully saturated rings. The molecule has 0 radical (unpaired) electrons. The van der Waals surface area contributed by atoms with E-state index in [-0.39, 0.29) is 0 Å². The van der Waals surface area contributed by atoms with Crippen molar-refractivity contribution in [3.8, 4) is 56.5 Å². The molecule has 0 aliphatic rings. The molecule has 0 saturated heterocycles. The van der Waals surface area contributed by atoms with Crippen LogP contribution in [0.15, 0.2) is 182 Å². The van der Waals surface area contributed by atoms with E-state index in [4.69, 9.17) is 19.9 Å². The van der Waals surface area contributed by atoms with Crippen molar-refractivity contribution in [2.75, 3.05) is 0 Å². The first kappa shape index (κ1) is 29.8. The van der Waals surface area contributed by atoms with Crippen LogP contribution in [-0.4, -0.2) is 19.9 Å². The summed E-state index contributed by atoms with van der Waals surface area (Å²) in [6.45, 7) is 0. The lowest BCUT2D eigenvalue weighted by atomic mass is 9.97. The molecule has 10 rings (SSSR count). The molecule has 8 aromatic carbocycles. The van der Waals surface area contributed by atoms with Crippen LogP contribution in [0, 0.1) is 0 Å². The van der Waals surface area contributed by atoms with Gasteiger partial charge in [-0.3, -0.25) is 0 Å². The smallest absolute Gasteiger partial charge is 0.160 e. The lowest BCUT2D eigenvalue weighted by molar-refractivity contribution is 1.19. The fourth-order valence-corrected chi connectivity index (χ4v) is 7.33. The molecule has 0 unspecified atom stereocenters. The number of rotatable bonds is 5. The standard InChI is InChI=1S/C48H30N4/c1-3-15-34(16-4-1)45-41-28-27-33-25-26-36(29-42(33)46(41)52-47(51-45)35-17-5-2-6-18-35)48-49-43(39-23-11-19-31-13-7-9-21-37(31)39)30-44(50-48)40-24-12-20-32-14-8-10-22-38(32)40/h1-30H. The van der Waals surface area contributed by atoms with Crippen molar-refractivity contribution in [1.29, 1.82) is 0 Å². The van der Waals surface area contributed by atoms with Crippen LogP contribution in [0.5, 0.6) is 0 Å². The topological polar surface area (TPSA) is 51.6 Å². The summed E-state index contributed by atoms with van der Waals surface area (Å²) < 4.78 is 0. The van der Waals surface area contributed by atoms with Gasteiger partial charge in [0, 0.05) is 38.6 Å². The van der Waals surface area contributed by atoms with Gasteiger partial charge in [-0.15, -0.1) is 0 Å². The molecule has 242 valence electrons. The Bertz CT molecular complexity index is 2850. The summed E-state index contributed by atoms with van der Waals surface area (Å²) in [6, 6.07) is 63.3.